The van der Waals surface area contributed by atoms with Crippen LogP contribution in [0.1, 0.15) is 12.8 Å². The molecular formula is C12H16Cl2N2. The highest BCUT2D eigenvalue weighted by Crippen LogP contribution is 2.32. The molecule has 0 aliphatic carbocycles. The van der Waals surface area contributed by atoms with E-state index in [1.807, 2.05) is 12.1 Å². The summed E-state index contributed by atoms with van der Waals surface area (Å²) in [6.07, 6.45) is 2.64. The molecule has 2 atom stereocenters. The average molecular weight is 259 g/mol. The zero-order valence-electron chi connectivity index (χ0n) is 9.03. The third-order valence-electron chi connectivity index (χ3n) is 3.50. The summed E-state index contributed by atoms with van der Waals surface area (Å²) in [5, 5.41) is 4.31. The Labute approximate surface area is 107 Å². The van der Waals surface area contributed by atoms with Crippen molar-refractivity contribution >= 4 is 29.7 Å². The van der Waals surface area contributed by atoms with Crippen LogP contribution < -0.4 is 10.2 Å². The molecule has 1 N–H and O–H groups in total. The first-order chi connectivity index (χ1) is 7.34. The fraction of sp³-hybridized carbons (Fsp3) is 0.500. The van der Waals surface area contributed by atoms with Gasteiger partial charge >= 0.3 is 0 Å². The zero-order valence-corrected chi connectivity index (χ0v) is 10.6. The van der Waals surface area contributed by atoms with E-state index in [-0.39, 0.29) is 12.4 Å². The largest absolute Gasteiger partial charge is 0.363 e. The van der Waals surface area contributed by atoms with Crippen LogP contribution in [-0.2, 0) is 0 Å². The lowest BCUT2D eigenvalue weighted by Gasteiger charge is -2.37. The number of nitrogens with zero attached hydrogens (tertiary/aromatic N) is 1. The van der Waals surface area contributed by atoms with Crippen molar-refractivity contribution in [1.29, 1.82) is 0 Å². The molecule has 2 aliphatic rings. The smallest absolute Gasteiger partial charge is 0.0419 e. The summed E-state index contributed by atoms with van der Waals surface area (Å²) >= 11 is 5.91. The molecule has 2 unspecified atom stereocenters. The minimum absolute atomic E-state index is 0. The van der Waals surface area contributed by atoms with E-state index >= 15 is 0 Å². The molecule has 4 heteroatoms. The molecule has 2 saturated heterocycles. The van der Waals surface area contributed by atoms with E-state index in [4.69, 9.17) is 11.6 Å². The fourth-order valence-electron chi connectivity index (χ4n) is 2.81. The van der Waals surface area contributed by atoms with E-state index < -0.39 is 0 Å². The number of benzene rings is 1. The van der Waals surface area contributed by atoms with Crippen LogP contribution in [0.4, 0.5) is 5.69 Å². The Morgan fingerprint density at radius 1 is 1.06 bits per heavy atom. The van der Waals surface area contributed by atoms with Crippen LogP contribution in [0.3, 0.4) is 0 Å². The molecule has 16 heavy (non-hydrogen) atoms. The summed E-state index contributed by atoms with van der Waals surface area (Å²) in [5.74, 6) is 0. The third-order valence-corrected chi connectivity index (χ3v) is 3.76. The van der Waals surface area contributed by atoms with E-state index in [1.165, 1.54) is 18.5 Å². The van der Waals surface area contributed by atoms with Gasteiger partial charge < -0.3 is 10.2 Å². The molecule has 0 aromatic heterocycles. The second-order valence-electron chi connectivity index (χ2n) is 4.43. The molecule has 1 aromatic carbocycles. The monoisotopic (exact) mass is 258 g/mol. The van der Waals surface area contributed by atoms with Gasteiger partial charge in [0.15, 0.2) is 0 Å². The van der Waals surface area contributed by atoms with Gasteiger partial charge in [0.1, 0.15) is 0 Å². The molecule has 3 rings (SSSR count). The second kappa shape index (κ2) is 4.82. The Morgan fingerprint density at radius 2 is 1.62 bits per heavy atom. The quantitative estimate of drug-likeness (QED) is 0.834. The Morgan fingerprint density at radius 3 is 2.19 bits per heavy atom. The minimum Gasteiger partial charge on any atom is -0.363 e. The average Bonchev–Trinajstić information content (AvgIpc) is 2.51. The molecule has 88 valence electrons. The van der Waals surface area contributed by atoms with Crippen molar-refractivity contribution in [3.05, 3.63) is 29.3 Å². The Hall–Kier alpha value is -0.440. The molecule has 2 bridgehead atoms. The molecule has 2 nitrogen and oxygen atoms in total. The molecular weight excluding hydrogens is 243 g/mol. The maximum absolute atomic E-state index is 5.91. The van der Waals surface area contributed by atoms with Gasteiger partial charge in [-0.15, -0.1) is 12.4 Å². The zero-order chi connectivity index (χ0) is 10.3. The number of rotatable bonds is 1. The Kier molecular flexibility index (Phi) is 3.63. The highest BCUT2D eigenvalue weighted by Gasteiger charge is 2.36. The van der Waals surface area contributed by atoms with Crippen LogP contribution in [0.2, 0.25) is 5.02 Å². The maximum atomic E-state index is 5.91. The Balaban J connectivity index is 0.000000963. The van der Waals surface area contributed by atoms with Gasteiger partial charge in [-0.3, -0.25) is 0 Å². The van der Waals surface area contributed by atoms with Crippen LogP contribution in [0.25, 0.3) is 0 Å². The first-order valence-electron chi connectivity index (χ1n) is 5.59. The fourth-order valence-corrected chi connectivity index (χ4v) is 2.94. The lowest BCUT2D eigenvalue weighted by atomic mass is 10.2. The van der Waals surface area contributed by atoms with Gasteiger partial charge in [-0.25, -0.2) is 0 Å². The number of piperazine rings is 1. The van der Waals surface area contributed by atoms with Crippen LogP contribution in [0.5, 0.6) is 0 Å². The number of anilines is 1. The molecule has 2 aliphatic heterocycles. The summed E-state index contributed by atoms with van der Waals surface area (Å²) in [6, 6.07) is 9.61. The predicted molar refractivity (Wildman–Crippen MR) is 70.9 cm³/mol. The van der Waals surface area contributed by atoms with Gasteiger partial charge in [0.2, 0.25) is 0 Å². The van der Waals surface area contributed by atoms with E-state index in [0.29, 0.717) is 12.1 Å². The van der Waals surface area contributed by atoms with Crippen LogP contribution in [-0.4, -0.2) is 25.2 Å². The van der Waals surface area contributed by atoms with Crippen molar-refractivity contribution in [2.24, 2.45) is 0 Å². The van der Waals surface area contributed by atoms with E-state index in [1.54, 1.807) is 0 Å². The molecule has 0 spiro atoms. The highest BCUT2D eigenvalue weighted by molar-refractivity contribution is 6.30. The summed E-state index contributed by atoms with van der Waals surface area (Å²) in [6.45, 7) is 2.25. The Bertz CT molecular complexity index is 337. The molecule has 0 radical (unpaired) electrons. The molecule has 2 heterocycles. The molecule has 0 amide bonds. The predicted octanol–water partition coefficient (Wildman–Crippen LogP) is 2.70. The van der Waals surface area contributed by atoms with Crippen molar-refractivity contribution in [2.75, 3.05) is 18.0 Å². The maximum Gasteiger partial charge on any atom is 0.0419 e. The molecule has 2 fully saturated rings. The van der Waals surface area contributed by atoms with Crippen LogP contribution >= 0.6 is 24.0 Å². The van der Waals surface area contributed by atoms with Crippen LogP contribution in [0.15, 0.2) is 24.3 Å². The summed E-state index contributed by atoms with van der Waals surface area (Å²) in [5.41, 5.74) is 1.33. The number of halogens is 2. The van der Waals surface area contributed by atoms with Gasteiger partial charge in [-0.05, 0) is 37.1 Å². The summed E-state index contributed by atoms with van der Waals surface area (Å²) in [7, 11) is 0. The number of nitrogens with one attached hydrogen (secondary N) is 1. The number of hydrogen-bond donors (Lipinski definition) is 1. The van der Waals surface area contributed by atoms with Crippen LogP contribution in [0, 0.1) is 0 Å². The lowest BCUT2D eigenvalue weighted by molar-refractivity contribution is 0.485. The lowest BCUT2D eigenvalue weighted by Crippen LogP contribution is -2.51. The third kappa shape index (κ3) is 2.02. The molecule has 1 aromatic rings. The van der Waals surface area contributed by atoms with Crippen molar-refractivity contribution in [3.8, 4) is 0 Å². The normalized spacial score (nSPS) is 27.7. The first-order valence-corrected chi connectivity index (χ1v) is 5.97. The van der Waals surface area contributed by atoms with Crippen molar-refractivity contribution < 1.29 is 0 Å². The molecule has 0 saturated carbocycles. The highest BCUT2D eigenvalue weighted by atomic mass is 35.5. The topological polar surface area (TPSA) is 15.3 Å². The summed E-state index contributed by atoms with van der Waals surface area (Å²) in [4.78, 5) is 2.56. The van der Waals surface area contributed by atoms with Crippen molar-refractivity contribution in [3.63, 3.8) is 0 Å². The second-order valence-corrected chi connectivity index (χ2v) is 4.86. The van der Waals surface area contributed by atoms with Crippen molar-refractivity contribution in [1.82, 2.24) is 5.32 Å². The first kappa shape index (κ1) is 12.0. The van der Waals surface area contributed by atoms with E-state index in [2.05, 4.69) is 22.3 Å². The van der Waals surface area contributed by atoms with Gasteiger partial charge in [0.05, 0.1) is 0 Å². The van der Waals surface area contributed by atoms with Gasteiger partial charge in [0, 0.05) is 35.9 Å². The van der Waals surface area contributed by atoms with Gasteiger partial charge in [-0.2, -0.15) is 0 Å². The number of hydrogen-bond acceptors (Lipinski definition) is 2. The van der Waals surface area contributed by atoms with Gasteiger partial charge in [-0.1, -0.05) is 11.6 Å². The standard InChI is InChI=1S/C12H15ClN2.ClH/c13-9-1-3-10(4-2-9)15-11-5-6-12(15)8-14-7-11;/h1-4,11-12,14H,5-8H2;1H. The van der Waals surface area contributed by atoms with Gasteiger partial charge in [0.25, 0.3) is 0 Å². The summed E-state index contributed by atoms with van der Waals surface area (Å²) < 4.78 is 0. The SMILES string of the molecule is Cl.Clc1ccc(N2C3CCC2CNC3)cc1. The van der Waals surface area contributed by atoms with E-state index in [9.17, 15) is 0 Å². The number of fused-ring (bicyclic) bond motifs is 2. The van der Waals surface area contributed by atoms with E-state index in [0.717, 1.165) is 18.1 Å². The minimum atomic E-state index is 0. The van der Waals surface area contributed by atoms with Crippen molar-refractivity contribution in [2.45, 2.75) is 24.9 Å².